The molecule has 1 aromatic carbocycles. The first-order chi connectivity index (χ1) is 6.68. The minimum absolute atomic E-state index is 0.227. The average molecular weight is 207 g/mol. The number of thiophene rings is 1. The van der Waals surface area contributed by atoms with Crippen molar-refractivity contribution in [3.8, 4) is 11.1 Å². The van der Waals surface area contributed by atoms with Gasteiger partial charge in [-0.2, -0.15) is 0 Å². The molecule has 2 aromatic rings. The molecule has 1 aromatic heterocycles. The Bertz CT molecular complexity index is 462. The molecule has 0 amide bonds. The van der Waals surface area contributed by atoms with Gasteiger partial charge in [0, 0.05) is 10.4 Å². The van der Waals surface area contributed by atoms with E-state index in [1.807, 2.05) is 24.4 Å². The van der Waals surface area contributed by atoms with Crippen LogP contribution in [-0.4, -0.2) is 0 Å². The maximum atomic E-state index is 13.2. The van der Waals surface area contributed by atoms with Crippen molar-refractivity contribution in [2.45, 2.75) is 6.92 Å². The molecule has 1 heterocycles. The molecule has 0 aliphatic rings. The zero-order chi connectivity index (χ0) is 10.1. The van der Waals surface area contributed by atoms with Gasteiger partial charge in [0.15, 0.2) is 0 Å². The largest absolute Gasteiger partial charge is 0.396 e. The van der Waals surface area contributed by atoms with Crippen LogP contribution in [0.4, 0.5) is 10.1 Å². The summed E-state index contributed by atoms with van der Waals surface area (Å²) in [5, 5.41) is 1.99. The molecule has 0 atom stereocenters. The topological polar surface area (TPSA) is 26.0 Å². The monoisotopic (exact) mass is 207 g/mol. The number of halogens is 1. The van der Waals surface area contributed by atoms with E-state index in [2.05, 4.69) is 0 Å². The number of para-hydroxylation sites is 1. The Labute approximate surface area is 86.0 Å². The highest BCUT2D eigenvalue weighted by Crippen LogP contribution is 2.30. The first-order valence-electron chi connectivity index (χ1n) is 4.28. The van der Waals surface area contributed by atoms with Crippen LogP contribution in [0.3, 0.4) is 0 Å². The number of rotatable bonds is 1. The predicted octanol–water partition coefficient (Wildman–Crippen LogP) is 3.44. The van der Waals surface area contributed by atoms with Gasteiger partial charge in [-0.3, -0.25) is 0 Å². The van der Waals surface area contributed by atoms with Crippen LogP contribution in [0.25, 0.3) is 11.1 Å². The van der Waals surface area contributed by atoms with Crippen LogP contribution >= 0.6 is 11.3 Å². The summed E-state index contributed by atoms with van der Waals surface area (Å²) >= 11 is 1.64. The third-order valence-corrected chi connectivity index (χ3v) is 2.96. The molecule has 72 valence electrons. The van der Waals surface area contributed by atoms with Crippen molar-refractivity contribution >= 4 is 17.0 Å². The third kappa shape index (κ3) is 1.51. The molecular formula is C11H10FNS. The van der Waals surface area contributed by atoms with Crippen LogP contribution in [-0.2, 0) is 0 Å². The SMILES string of the molecule is Cc1cc(-c2cccc(F)c2N)cs1. The minimum Gasteiger partial charge on any atom is -0.396 e. The Morgan fingerprint density at radius 1 is 1.36 bits per heavy atom. The van der Waals surface area contributed by atoms with E-state index in [1.54, 1.807) is 17.4 Å². The van der Waals surface area contributed by atoms with E-state index in [4.69, 9.17) is 5.73 Å². The lowest BCUT2D eigenvalue weighted by molar-refractivity contribution is 0.633. The number of anilines is 1. The normalized spacial score (nSPS) is 10.4. The fraction of sp³-hybridized carbons (Fsp3) is 0.0909. The summed E-state index contributed by atoms with van der Waals surface area (Å²) in [6.45, 7) is 2.02. The first-order valence-corrected chi connectivity index (χ1v) is 5.16. The molecule has 0 saturated heterocycles. The van der Waals surface area contributed by atoms with E-state index in [0.717, 1.165) is 11.1 Å². The standard InChI is InChI=1S/C11H10FNS/c1-7-5-8(6-14-7)9-3-2-4-10(12)11(9)13/h2-6H,13H2,1H3. The minimum atomic E-state index is -0.355. The summed E-state index contributed by atoms with van der Waals surface area (Å²) < 4.78 is 13.2. The van der Waals surface area contributed by atoms with Crippen molar-refractivity contribution in [3.63, 3.8) is 0 Å². The summed E-state index contributed by atoms with van der Waals surface area (Å²) in [7, 11) is 0. The van der Waals surface area contributed by atoms with Gasteiger partial charge >= 0.3 is 0 Å². The van der Waals surface area contributed by atoms with Crippen LogP contribution in [0.2, 0.25) is 0 Å². The highest BCUT2D eigenvalue weighted by molar-refractivity contribution is 7.10. The number of hydrogen-bond acceptors (Lipinski definition) is 2. The van der Waals surface area contributed by atoms with E-state index in [-0.39, 0.29) is 11.5 Å². The fourth-order valence-corrected chi connectivity index (χ4v) is 2.08. The Hall–Kier alpha value is -1.35. The van der Waals surface area contributed by atoms with Gasteiger partial charge in [-0.15, -0.1) is 11.3 Å². The second kappa shape index (κ2) is 3.42. The highest BCUT2D eigenvalue weighted by Gasteiger charge is 2.07. The molecule has 14 heavy (non-hydrogen) atoms. The fourth-order valence-electron chi connectivity index (χ4n) is 1.37. The van der Waals surface area contributed by atoms with Crippen LogP contribution in [0.5, 0.6) is 0 Å². The second-order valence-corrected chi connectivity index (χ2v) is 4.26. The molecular weight excluding hydrogens is 197 g/mol. The van der Waals surface area contributed by atoms with Crippen LogP contribution in [0, 0.1) is 12.7 Å². The second-order valence-electron chi connectivity index (χ2n) is 3.15. The molecule has 0 saturated carbocycles. The number of aryl methyl sites for hydroxylation is 1. The number of nitrogen functional groups attached to an aromatic ring is 1. The van der Waals surface area contributed by atoms with Crippen molar-refractivity contribution in [1.82, 2.24) is 0 Å². The maximum Gasteiger partial charge on any atom is 0.146 e. The summed E-state index contributed by atoms with van der Waals surface area (Å²) in [6, 6.07) is 6.89. The Morgan fingerprint density at radius 3 is 2.79 bits per heavy atom. The van der Waals surface area contributed by atoms with Crippen LogP contribution < -0.4 is 5.73 Å². The molecule has 0 unspecified atom stereocenters. The average Bonchev–Trinajstić information content (AvgIpc) is 2.57. The maximum absolute atomic E-state index is 13.2. The quantitative estimate of drug-likeness (QED) is 0.712. The van der Waals surface area contributed by atoms with Gasteiger partial charge in [0.05, 0.1) is 5.69 Å². The number of benzene rings is 1. The Morgan fingerprint density at radius 2 is 2.14 bits per heavy atom. The molecule has 1 nitrogen and oxygen atoms in total. The molecule has 0 spiro atoms. The van der Waals surface area contributed by atoms with E-state index >= 15 is 0 Å². The lowest BCUT2D eigenvalue weighted by Crippen LogP contribution is -1.92. The van der Waals surface area contributed by atoms with Gasteiger partial charge in [0.2, 0.25) is 0 Å². The van der Waals surface area contributed by atoms with Crippen molar-refractivity contribution in [2.24, 2.45) is 0 Å². The zero-order valence-electron chi connectivity index (χ0n) is 7.75. The zero-order valence-corrected chi connectivity index (χ0v) is 8.57. The third-order valence-electron chi connectivity index (χ3n) is 2.09. The van der Waals surface area contributed by atoms with E-state index < -0.39 is 0 Å². The summed E-state index contributed by atoms with van der Waals surface area (Å²) in [6.07, 6.45) is 0. The smallest absolute Gasteiger partial charge is 0.146 e. The number of hydrogen-bond donors (Lipinski definition) is 1. The van der Waals surface area contributed by atoms with E-state index in [9.17, 15) is 4.39 Å². The Kier molecular flexibility index (Phi) is 2.25. The van der Waals surface area contributed by atoms with Crippen LogP contribution in [0.1, 0.15) is 4.88 Å². The van der Waals surface area contributed by atoms with Gasteiger partial charge < -0.3 is 5.73 Å². The summed E-state index contributed by atoms with van der Waals surface area (Å²) in [5.74, 6) is -0.355. The molecule has 0 fully saturated rings. The molecule has 0 aliphatic carbocycles. The van der Waals surface area contributed by atoms with E-state index in [0.29, 0.717) is 0 Å². The Balaban J connectivity index is 2.57. The molecule has 2 rings (SSSR count). The number of nitrogens with two attached hydrogens (primary N) is 1. The molecule has 0 aliphatic heterocycles. The lowest BCUT2D eigenvalue weighted by Gasteiger charge is -2.03. The lowest BCUT2D eigenvalue weighted by atomic mass is 10.1. The highest BCUT2D eigenvalue weighted by atomic mass is 32.1. The summed E-state index contributed by atoms with van der Waals surface area (Å²) in [4.78, 5) is 1.20. The van der Waals surface area contributed by atoms with Crippen LogP contribution in [0.15, 0.2) is 29.6 Å². The van der Waals surface area contributed by atoms with Gasteiger partial charge in [-0.25, -0.2) is 4.39 Å². The van der Waals surface area contributed by atoms with Crippen molar-refractivity contribution in [2.75, 3.05) is 5.73 Å². The van der Waals surface area contributed by atoms with Crippen molar-refractivity contribution in [1.29, 1.82) is 0 Å². The summed E-state index contributed by atoms with van der Waals surface area (Å²) in [5.41, 5.74) is 7.64. The van der Waals surface area contributed by atoms with Crippen molar-refractivity contribution < 1.29 is 4.39 Å². The molecule has 0 bridgehead atoms. The van der Waals surface area contributed by atoms with E-state index in [1.165, 1.54) is 10.9 Å². The predicted molar refractivity (Wildman–Crippen MR) is 58.9 cm³/mol. The van der Waals surface area contributed by atoms with Gasteiger partial charge in [0.1, 0.15) is 5.82 Å². The van der Waals surface area contributed by atoms with Crippen molar-refractivity contribution in [3.05, 3.63) is 40.3 Å². The van der Waals surface area contributed by atoms with Gasteiger partial charge in [-0.1, -0.05) is 12.1 Å². The molecule has 0 radical (unpaired) electrons. The molecule has 3 heteroatoms. The first kappa shape index (κ1) is 9.21. The molecule has 2 N–H and O–H groups in total. The van der Waals surface area contributed by atoms with Gasteiger partial charge in [0.25, 0.3) is 0 Å². The van der Waals surface area contributed by atoms with Gasteiger partial charge in [-0.05, 0) is 30.0 Å².